The van der Waals surface area contributed by atoms with E-state index in [1.165, 1.54) is 24.3 Å². The van der Waals surface area contributed by atoms with Crippen molar-refractivity contribution < 1.29 is 45.3 Å². The van der Waals surface area contributed by atoms with Gasteiger partial charge in [-0.2, -0.15) is 0 Å². The molecule has 0 atom stereocenters. The average molecular weight is 604 g/mol. The van der Waals surface area contributed by atoms with E-state index in [9.17, 15) is 31.1 Å². The lowest BCUT2D eigenvalue weighted by Gasteiger charge is -2.36. The fourth-order valence-electron chi connectivity index (χ4n) is 4.67. The highest BCUT2D eigenvalue weighted by Crippen LogP contribution is 2.40. The third-order valence-electron chi connectivity index (χ3n) is 6.61. The minimum Gasteiger partial charge on any atom is -0.445 e. The van der Waals surface area contributed by atoms with Gasteiger partial charge in [-0.05, 0) is 59.9 Å². The number of benzene rings is 4. The molecule has 0 aromatic heterocycles. The number of hydrogen-bond donors (Lipinski definition) is 1. The van der Waals surface area contributed by atoms with Crippen LogP contribution in [0.4, 0.5) is 31.1 Å². The summed E-state index contributed by atoms with van der Waals surface area (Å²) in [6.07, 6.45) is -10.7. The van der Waals surface area contributed by atoms with Crippen LogP contribution >= 0.6 is 0 Å². The average Bonchev–Trinajstić information content (AvgIpc) is 2.94. The van der Waals surface area contributed by atoms with Crippen LogP contribution in [0.1, 0.15) is 27.8 Å². The molecule has 1 N–H and O–H groups in total. The molecule has 0 aliphatic heterocycles. The maximum atomic E-state index is 13.1. The second kappa shape index (κ2) is 13.1. The molecule has 43 heavy (non-hydrogen) atoms. The summed E-state index contributed by atoms with van der Waals surface area (Å²) in [6.45, 7) is 1.59. The van der Waals surface area contributed by atoms with E-state index >= 15 is 0 Å². The number of nitrogens with one attached hydrogen (secondary N) is 1. The van der Waals surface area contributed by atoms with E-state index in [0.29, 0.717) is 5.56 Å². The highest BCUT2D eigenvalue weighted by molar-refractivity contribution is 5.68. The van der Waals surface area contributed by atoms with Crippen molar-refractivity contribution >= 4 is 6.09 Å². The van der Waals surface area contributed by atoms with Gasteiger partial charge in [0.25, 0.3) is 0 Å². The number of carbonyl (C=O) groups is 1. The Balaban J connectivity index is 1.77. The third kappa shape index (κ3) is 9.16. The molecular weight excluding hydrogens is 576 g/mol. The summed E-state index contributed by atoms with van der Waals surface area (Å²) in [7, 11) is 0. The molecule has 0 radical (unpaired) electrons. The topological polar surface area (TPSA) is 56.8 Å². The van der Waals surface area contributed by atoms with Crippen molar-refractivity contribution in [3.63, 3.8) is 0 Å². The number of halogens is 6. The number of amides is 1. The first-order valence-corrected chi connectivity index (χ1v) is 13.0. The van der Waals surface area contributed by atoms with Crippen LogP contribution in [-0.2, 0) is 23.2 Å². The molecule has 0 heterocycles. The van der Waals surface area contributed by atoms with E-state index in [-0.39, 0.29) is 30.7 Å². The highest BCUT2D eigenvalue weighted by atomic mass is 19.4. The zero-order valence-corrected chi connectivity index (χ0v) is 22.8. The van der Waals surface area contributed by atoms with Crippen molar-refractivity contribution in [3.05, 3.63) is 131 Å². The normalized spacial score (nSPS) is 12.0. The lowest BCUT2D eigenvalue weighted by Crippen LogP contribution is -2.43. The smallest absolute Gasteiger partial charge is 0.445 e. The van der Waals surface area contributed by atoms with Gasteiger partial charge in [0.15, 0.2) is 0 Å². The van der Waals surface area contributed by atoms with Crippen LogP contribution in [-0.4, -0.2) is 25.4 Å². The molecule has 11 heteroatoms. The second-order valence-electron chi connectivity index (χ2n) is 9.81. The van der Waals surface area contributed by atoms with Crippen LogP contribution in [0.5, 0.6) is 11.5 Å². The van der Waals surface area contributed by atoms with Crippen molar-refractivity contribution in [1.82, 2.24) is 5.32 Å². The summed E-state index contributed by atoms with van der Waals surface area (Å²) in [5.41, 5.74) is 1.52. The molecule has 4 aromatic carbocycles. The van der Waals surface area contributed by atoms with E-state index in [0.717, 1.165) is 35.4 Å². The standard InChI is InChI=1S/C32H27F6NO4/c1-22-13-15-24(16-14-22)20-41-29(40)39-21-30(19-23-7-3-2-4-8-23,25-9-5-11-27(17-25)42-31(33,34)35)26-10-6-12-28(18-26)43-32(36,37)38/h2-18H,19-21H2,1H3,(H,39,40). The maximum Gasteiger partial charge on any atom is 0.573 e. The van der Waals surface area contributed by atoms with E-state index in [2.05, 4.69) is 14.8 Å². The molecule has 0 saturated heterocycles. The Kier molecular flexibility index (Phi) is 9.53. The van der Waals surface area contributed by atoms with Crippen LogP contribution in [0.15, 0.2) is 103 Å². The molecule has 0 saturated carbocycles. The number of hydrogen-bond acceptors (Lipinski definition) is 4. The van der Waals surface area contributed by atoms with Crippen LogP contribution < -0.4 is 14.8 Å². The van der Waals surface area contributed by atoms with E-state index in [4.69, 9.17) is 4.74 Å². The van der Waals surface area contributed by atoms with Crippen molar-refractivity contribution in [2.45, 2.75) is 38.1 Å². The Hall–Kier alpha value is -4.67. The number of alkyl halides is 6. The predicted molar refractivity (Wildman–Crippen MR) is 147 cm³/mol. The minimum atomic E-state index is -4.99. The van der Waals surface area contributed by atoms with Gasteiger partial charge in [-0.15, -0.1) is 26.3 Å². The van der Waals surface area contributed by atoms with Gasteiger partial charge in [0.05, 0.1) is 0 Å². The molecule has 0 spiro atoms. The van der Waals surface area contributed by atoms with Gasteiger partial charge < -0.3 is 19.5 Å². The van der Waals surface area contributed by atoms with Crippen molar-refractivity contribution in [2.75, 3.05) is 6.54 Å². The van der Waals surface area contributed by atoms with Crippen molar-refractivity contribution in [3.8, 4) is 11.5 Å². The molecular formula is C32H27F6NO4. The zero-order valence-electron chi connectivity index (χ0n) is 22.8. The minimum absolute atomic E-state index is 0.0540. The number of carbonyl (C=O) groups excluding carboxylic acids is 1. The van der Waals surface area contributed by atoms with Crippen LogP contribution in [0.25, 0.3) is 0 Å². The fourth-order valence-corrected chi connectivity index (χ4v) is 4.67. The summed E-state index contributed by atoms with van der Waals surface area (Å²) in [5.74, 6) is -1.07. The second-order valence-corrected chi connectivity index (χ2v) is 9.81. The molecule has 0 aliphatic rings. The number of aryl methyl sites for hydroxylation is 1. The van der Waals surface area contributed by atoms with Gasteiger partial charge in [0, 0.05) is 12.0 Å². The van der Waals surface area contributed by atoms with Crippen LogP contribution in [0, 0.1) is 6.92 Å². The van der Waals surface area contributed by atoms with E-state index < -0.39 is 35.7 Å². The zero-order chi connectivity index (χ0) is 31.1. The first-order chi connectivity index (χ1) is 20.3. The Morgan fingerprint density at radius 1 is 0.674 bits per heavy atom. The Labute approximate surface area is 244 Å². The molecule has 4 aromatic rings. The lowest BCUT2D eigenvalue weighted by atomic mass is 9.70. The molecule has 0 aliphatic carbocycles. The molecule has 5 nitrogen and oxygen atoms in total. The fraction of sp³-hybridized carbons (Fsp3) is 0.219. The molecule has 0 unspecified atom stereocenters. The molecule has 4 rings (SSSR count). The maximum absolute atomic E-state index is 13.1. The van der Waals surface area contributed by atoms with E-state index in [1.54, 1.807) is 42.5 Å². The Bertz CT molecular complexity index is 1450. The summed E-state index contributed by atoms with van der Waals surface area (Å²) in [6, 6.07) is 26.3. The summed E-state index contributed by atoms with van der Waals surface area (Å²) in [5, 5.41) is 2.67. The summed E-state index contributed by atoms with van der Waals surface area (Å²) < 4.78 is 92.5. The molecule has 0 fully saturated rings. The van der Waals surface area contributed by atoms with Gasteiger partial charge in [-0.3, -0.25) is 0 Å². The van der Waals surface area contributed by atoms with Gasteiger partial charge in [-0.1, -0.05) is 84.4 Å². The molecule has 1 amide bonds. The van der Waals surface area contributed by atoms with Crippen LogP contribution in [0.3, 0.4) is 0 Å². The quantitative estimate of drug-likeness (QED) is 0.186. The van der Waals surface area contributed by atoms with Gasteiger partial charge >= 0.3 is 18.8 Å². The SMILES string of the molecule is Cc1ccc(COC(=O)NCC(Cc2ccccc2)(c2cccc(OC(F)(F)F)c2)c2cccc(OC(F)(F)F)c2)cc1. The van der Waals surface area contributed by atoms with Crippen molar-refractivity contribution in [1.29, 1.82) is 0 Å². The lowest BCUT2D eigenvalue weighted by molar-refractivity contribution is -0.275. The van der Waals surface area contributed by atoms with E-state index in [1.807, 2.05) is 19.1 Å². The first-order valence-electron chi connectivity index (χ1n) is 13.0. The molecule has 226 valence electrons. The van der Waals surface area contributed by atoms with Gasteiger partial charge in [0.2, 0.25) is 0 Å². The number of rotatable bonds is 10. The Morgan fingerprint density at radius 2 is 1.21 bits per heavy atom. The summed E-state index contributed by atoms with van der Waals surface area (Å²) in [4.78, 5) is 12.9. The largest absolute Gasteiger partial charge is 0.573 e. The molecule has 0 bridgehead atoms. The number of ether oxygens (including phenoxy) is 3. The van der Waals surface area contributed by atoms with Gasteiger partial charge in [0.1, 0.15) is 18.1 Å². The van der Waals surface area contributed by atoms with Crippen molar-refractivity contribution in [2.24, 2.45) is 0 Å². The predicted octanol–water partition coefficient (Wildman–Crippen LogP) is 8.25. The number of alkyl carbamates (subject to hydrolysis) is 1. The van der Waals surface area contributed by atoms with Gasteiger partial charge in [-0.25, -0.2) is 4.79 Å². The first kappa shape index (κ1) is 31.3. The third-order valence-corrected chi connectivity index (χ3v) is 6.61. The Morgan fingerprint density at radius 3 is 1.72 bits per heavy atom. The van der Waals surface area contributed by atoms with Crippen LogP contribution in [0.2, 0.25) is 0 Å². The summed E-state index contributed by atoms with van der Waals surface area (Å²) >= 11 is 0. The highest BCUT2D eigenvalue weighted by Gasteiger charge is 2.38. The monoisotopic (exact) mass is 603 g/mol.